The normalized spacial score (nSPS) is 15.4. The van der Waals surface area contributed by atoms with E-state index in [1.54, 1.807) is 13.7 Å². The van der Waals surface area contributed by atoms with Gasteiger partial charge >= 0.3 is 6.18 Å². The summed E-state index contributed by atoms with van der Waals surface area (Å²) in [5, 5.41) is 33.1. The number of aromatic nitrogens is 16. The van der Waals surface area contributed by atoms with Gasteiger partial charge in [0.05, 0.1) is 89.0 Å². The molecule has 32 nitrogen and oxygen atoms in total. The summed E-state index contributed by atoms with van der Waals surface area (Å²) in [5.74, 6) is 3.70. The van der Waals surface area contributed by atoms with E-state index < -0.39 is 17.5 Å². The predicted molar refractivity (Wildman–Crippen MR) is 554 cm³/mol. The van der Waals surface area contributed by atoms with Gasteiger partial charge in [-0.15, -0.1) is 0 Å². The molecule has 0 spiro atoms. The first kappa shape index (κ1) is 104. The van der Waals surface area contributed by atoms with Gasteiger partial charge in [0, 0.05) is 66.9 Å². The maximum absolute atomic E-state index is 13.1. The number of nitrogens with one attached hydrogen (secondary N) is 6. The number of amides is 6. The number of imidazole rings is 6. The first-order valence-corrected chi connectivity index (χ1v) is 49.4. The Morgan fingerprint density at radius 3 is 0.986 bits per heavy atom. The number of benzene rings is 6. The molecule has 6 N–H and O–H groups in total. The number of rotatable bonds is 20. The second kappa shape index (κ2) is 41.1. The zero-order chi connectivity index (χ0) is 104. The van der Waals surface area contributed by atoms with Crippen LogP contribution < -0.4 is 31.9 Å². The van der Waals surface area contributed by atoms with Crippen LogP contribution in [-0.4, -0.2) is 120 Å². The van der Waals surface area contributed by atoms with Crippen molar-refractivity contribution in [2.24, 2.45) is 50.7 Å². The van der Waals surface area contributed by atoms with Crippen LogP contribution in [0.4, 0.5) is 48.9 Å². The molecule has 0 bridgehead atoms. The summed E-state index contributed by atoms with van der Waals surface area (Å²) in [4.78, 5) is 102. The van der Waals surface area contributed by atoms with Gasteiger partial charge in [-0.1, -0.05) is 153 Å². The summed E-state index contributed by atoms with van der Waals surface area (Å²) in [6.07, 6.45) is 7.45. The van der Waals surface area contributed by atoms with Crippen molar-refractivity contribution in [1.29, 1.82) is 0 Å². The second-order valence-corrected chi connectivity index (χ2v) is 43.6. The summed E-state index contributed by atoms with van der Waals surface area (Å²) in [6.45, 7) is 47.8. The molecule has 35 heteroatoms. The van der Waals surface area contributed by atoms with E-state index in [1.165, 1.54) is 44.1 Å². The highest BCUT2D eigenvalue weighted by atomic mass is 19.4. The Morgan fingerprint density at radius 1 is 0.396 bits per heavy atom. The summed E-state index contributed by atoms with van der Waals surface area (Å²) in [5.41, 5.74) is 17.7. The van der Waals surface area contributed by atoms with Crippen LogP contribution in [0.1, 0.15) is 249 Å². The summed E-state index contributed by atoms with van der Waals surface area (Å²) in [7, 11) is 0. The van der Waals surface area contributed by atoms with Crippen LogP contribution in [-0.2, 0) is 28.8 Å². The largest absolute Gasteiger partial charge is 0.402 e. The molecule has 4 aliphatic carbocycles. The maximum atomic E-state index is 13.1. The Kier molecular flexibility index (Phi) is 29.7. The minimum absolute atomic E-state index is 0.00418. The fourth-order valence-corrected chi connectivity index (χ4v) is 17.2. The van der Waals surface area contributed by atoms with Gasteiger partial charge in [0.15, 0.2) is 0 Å². The lowest BCUT2D eigenvalue weighted by molar-refractivity contribution is -0.208. The molecule has 0 saturated heterocycles. The Hall–Kier alpha value is -14.4. The minimum atomic E-state index is -4.62. The van der Waals surface area contributed by atoms with Crippen LogP contribution >= 0.6 is 0 Å². The van der Waals surface area contributed by atoms with E-state index in [2.05, 4.69) is 128 Å². The van der Waals surface area contributed by atoms with E-state index in [9.17, 15) is 41.9 Å². The maximum Gasteiger partial charge on any atom is 0.402 e. The molecule has 0 unspecified atom stereocenters. The van der Waals surface area contributed by atoms with Gasteiger partial charge in [-0.2, -0.15) is 13.2 Å². The Morgan fingerprint density at radius 2 is 0.701 bits per heavy atom. The van der Waals surface area contributed by atoms with Crippen molar-refractivity contribution < 1.29 is 60.0 Å². The lowest BCUT2D eigenvalue weighted by Gasteiger charge is -2.37. The smallest absolute Gasteiger partial charge is 0.338 e. The first-order chi connectivity index (χ1) is 67.7. The quantitative estimate of drug-likeness (QED) is 0.0413. The van der Waals surface area contributed by atoms with Crippen LogP contribution in [0.5, 0.6) is 0 Å². The van der Waals surface area contributed by atoms with Crippen molar-refractivity contribution >= 4 is 137 Å². The topological polar surface area (TPSA) is 386 Å². The van der Waals surface area contributed by atoms with Crippen molar-refractivity contribution in [2.75, 3.05) is 31.9 Å². The van der Waals surface area contributed by atoms with Crippen molar-refractivity contribution in [3.05, 3.63) is 190 Å². The van der Waals surface area contributed by atoms with Gasteiger partial charge in [0.1, 0.15) is 5.41 Å². The van der Waals surface area contributed by atoms with Crippen molar-refractivity contribution in [2.45, 2.75) is 268 Å². The van der Waals surface area contributed by atoms with Crippen LogP contribution in [0.25, 0.3) is 89.7 Å². The predicted octanol–water partition coefficient (Wildman–Crippen LogP) is 24.9. The standard InChI is InChI=1S/C19H24N4O2.C19H25N3O.C18H20N4O2.2C18H22N4O2.C17H20F3N3O/c1-11-7-8-14-15(9-11)23(16-10-12(2)22-25-16)18(20-14)21-17(24)13(3)19(4,5)6;1-13-7-8-15-16(11-13)22(14-5-3-6-14)18(20-15)21-17(23)12-19(2)9-4-10-19;1-10-5-6-13-14(7-10)22(15-8-11(2)21-24-15)17(19-13)20-16(23)12-9-18(12,3)4;1-11-6-7-13-14(8-11)22(16-9-12(2)21-24-16)17(19-13)20-15(23)10-18(3,4)5;1-10(2)13(5)17(23)20-18-19-14-7-6-11(3)8-15(14)22(18)16-9-12(4)21-24-16;1-10-7-8-12-13(9-10)23(11-5-4-6-11)15(21-12)22-14(24)16(2,3)17(18,19)20/h7-10,13H,1-6H3,(H,20,21,24);7-8,11,14H,3-6,9-10,12H2,1-2H3,(H,20,21,23);5-8,12H,9H2,1-4H3,(H,19,20,23);6-9H,10H2,1-5H3,(H,19,20,23);6-10,13H,1-5H3,(H,19,20,23);7-9,11H,4-6H2,1-3H3,(H,21,22,24)/t13-;;12-;;13-;/m1.1.0./s1. The van der Waals surface area contributed by atoms with Crippen LogP contribution in [0.2, 0.25) is 0 Å². The molecule has 144 heavy (non-hydrogen) atoms. The number of nitrogens with zero attached hydrogens (tertiary/aromatic N) is 16. The Labute approximate surface area is 835 Å². The number of fused-ring (bicyclic) bond motifs is 6. The van der Waals surface area contributed by atoms with Crippen molar-refractivity contribution in [3.63, 3.8) is 0 Å². The number of anilines is 6. The molecule has 20 rings (SSSR count). The van der Waals surface area contributed by atoms with Gasteiger partial charge < -0.3 is 27.2 Å². The van der Waals surface area contributed by atoms with E-state index in [1.807, 2.05) is 256 Å². The van der Waals surface area contributed by atoms with E-state index in [0.717, 1.165) is 157 Å². The van der Waals surface area contributed by atoms with Crippen LogP contribution in [0, 0.1) is 120 Å². The lowest BCUT2D eigenvalue weighted by Crippen LogP contribution is -2.43. The monoisotopic (exact) mass is 1970 g/mol. The van der Waals surface area contributed by atoms with Gasteiger partial charge in [0.25, 0.3) is 0 Å². The molecule has 16 aromatic rings. The number of hydrogen-bond acceptors (Lipinski definition) is 20. The van der Waals surface area contributed by atoms with Gasteiger partial charge in [0.2, 0.25) is 94.7 Å². The summed E-state index contributed by atoms with van der Waals surface area (Å²) >= 11 is 0. The fourth-order valence-electron chi connectivity index (χ4n) is 17.2. The third-order valence-corrected chi connectivity index (χ3v) is 27.6. The highest BCUT2D eigenvalue weighted by Crippen LogP contribution is 2.53. The van der Waals surface area contributed by atoms with E-state index in [-0.39, 0.29) is 86.9 Å². The number of carbonyl (C=O) groups is 6. The molecular formula is C109H133F3N22O10. The van der Waals surface area contributed by atoms with E-state index in [0.29, 0.717) is 71.7 Å². The summed E-state index contributed by atoms with van der Waals surface area (Å²) < 4.78 is 72.3. The number of alkyl halides is 3. The molecule has 6 amide bonds. The molecule has 4 saturated carbocycles. The zero-order valence-corrected chi connectivity index (χ0v) is 87.0. The average Bonchev–Trinajstić information content (AvgIpc) is 1.62. The van der Waals surface area contributed by atoms with E-state index >= 15 is 0 Å². The second-order valence-electron chi connectivity index (χ2n) is 43.6. The molecule has 3 atom stereocenters. The fraction of sp³-hybridized carbons (Fsp3) is 0.450. The molecule has 0 aliphatic heterocycles. The molecule has 4 aliphatic rings. The number of carbonyl (C=O) groups excluding carboxylic acids is 6. The number of aryl methyl sites for hydroxylation is 10. The minimum Gasteiger partial charge on any atom is -0.338 e. The third-order valence-electron chi connectivity index (χ3n) is 27.6. The molecular weight excluding hydrogens is 1830 g/mol. The zero-order valence-electron chi connectivity index (χ0n) is 87.0. The Bertz CT molecular complexity index is 7340. The molecule has 760 valence electrons. The molecule has 6 aromatic carbocycles. The molecule has 10 aromatic heterocycles. The van der Waals surface area contributed by atoms with Crippen molar-refractivity contribution in [3.8, 4) is 23.5 Å². The van der Waals surface area contributed by atoms with Gasteiger partial charge in [-0.3, -0.25) is 60.7 Å². The number of hydrogen-bond donors (Lipinski definition) is 6. The van der Waals surface area contributed by atoms with E-state index in [4.69, 9.17) is 23.1 Å². The lowest BCUT2D eigenvalue weighted by atomic mass is 9.68. The number of halogens is 3. The SMILES string of the molecule is Cc1ccc2nc(NC(=O)C(C)(C)C(F)(F)F)n(C3CCC3)c2c1.Cc1ccc2nc(NC(=O)CC(C)(C)C)n(-c3cc(C)no3)c2c1.Cc1ccc2nc(NC(=O)CC3(C)CCC3)n(C3CCC3)c2c1.Cc1ccc2nc(NC(=O)[C@@H](C)C(C)(C)C)n(-c3cc(C)no3)c2c1.Cc1ccc2nc(NC(=O)[C@@H](C)C(C)C)n(-c3cc(C)no3)c2c1.Cc1ccc2nc(NC(=O)[C@H]3CC3(C)C)n(-c3cc(C)no3)c2c1. The van der Waals surface area contributed by atoms with Crippen LogP contribution in [0.3, 0.4) is 0 Å². The first-order valence-electron chi connectivity index (χ1n) is 49.4. The molecule has 0 radical (unpaired) electrons. The Balaban J connectivity index is 0.000000130. The highest BCUT2D eigenvalue weighted by molar-refractivity contribution is 5.99. The van der Waals surface area contributed by atoms with Gasteiger partial charge in [-0.25, -0.2) is 48.2 Å². The van der Waals surface area contributed by atoms with Gasteiger partial charge in [-0.05, 0) is 275 Å². The molecule has 10 heterocycles. The summed E-state index contributed by atoms with van der Waals surface area (Å²) in [6, 6.07) is 43.8. The average molecular weight is 1970 g/mol. The highest BCUT2D eigenvalue weighted by Gasteiger charge is 2.54. The third kappa shape index (κ3) is 23.4. The van der Waals surface area contributed by atoms with Crippen LogP contribution in [0.15, 0.2) is 152 Å². The van der Waals surface area contributed by atoms with Crippen molar-refractivity contribution in [1.82, 2.24) is 77.9 Å². The molecule has 4 fully saturated rings.